The Balaban J connectivity index is 1.45. The van der Waals surface area contributed by atoms with Gasteiger partial charge in [0.15, 0.2) is 0 Å². The number of hydrogen-bond donors (Lipinski definition) is 1. The van der Waals surface area contributed by atoms with E-state index < -0.39 is 6.10 Å². The van der Waals surface area contributed by atoms with E-state index in [0.717, 1.165) is 16.7 Å². The van der Waals surface area contributed by atoms with Crippen molar-refractivity contribution in [1.29, 1.82) is 0 Å². The van der Waals surface area contributed by atoms with Gasteiger partial charge in [-0.15, -0.1) is 5.10 Å². The third-order valence-electron chi connectivity index (χ3n) is 5.02. The van der Waals surface area contributed by atoms with Gasteiger partial charge in [0.05, 0.1) is 38.1 Å². The van der Waals surface area contributed by atoms with Crippen LogP contribution in [0.1, 0.15) is 11.1 Å². The molecule has 1 aliphatic rings. The molecule has 7 nitrogen and oxygen atoms in total. The number of nitrogens with zero attached hydrogens (tertiary/aromatic N) is 4. The number of hydrogen-bond acceptors (Lipinski definition) is 5. The van der Waals surface area contributed by atoms with Crippen LogP contribution in [-0.4, -0.2) is 56.3 Å². The van der Waals surface area contributed by atoms with Gasteiger partial charge in [-0.05, 0) is 12.5 Å². The van der Waals surface area contributed by atoms with Gasteiger partial charge in [0, 0.05) is 5.56 Å². The number of aryl methyl sites for hydroxylation is 1. The van der Waals surface area contributed by atoms with E-state index in [1.165, 1.54) is 4.68 Å². The molecule has 1 amide bonds. The number of rotatable bonds is 5. The van der Waals surface area contributed by atoms with E-state index >= 15 is 0 Å². The summed E-state index contributed by atoms with van der Waals surface area (Å²) in [5.74, 6) is 0. The number of aliphatic hydroxyl groups excluding tert-OH is 1. The molecule has 0 fully saturated rings. The lowest BCUT2D eigenvalue weighted by atomic mass is 10.1. The first-order valence-corrected chi connectivity index (χ1v) is 9.88. The fourth-order valence-electron chi connectivity index (χ4n) is 3.34. The molecule has 3 aromatic rings. The minimum absolute atomic E-state index is 0.175. The average Bonchev–Trinajstić information content (AvgIpc) is 3.26. The zero-order valence-electron chi connectivity index (χ0n) is 16.8. The molecule has 2 heterocycles. The number of amides is 1. The van der Waals surface area contributed by atoms with Gasteiger partial charge in [0.25, 0.3) is 0 Å². The second kappa shape index (κ2) is 9.02. The molecular formula is C23H24N4O3. The lowest BCUT2D eigenvalue weighted by Crippen LogP contribution is -2.49. The molecule has 0 aliphatic carbocycles. The second-order valence-electron chi connectivity index (χ2n) is 7.37. The van der Waals surface area contributed by atoms with Crippen LogP contribution in [0.3, 0.4) is 0 Å². The molecule has 0 unspecified atom stereocenters. The van der Waals surface area contributed by atoms with Gasteiger partial charge >= 0.3 is 6.03 Å². The van der Waals surface area contributed by atoms with Gasteiger partial charge in [-0.1, -0.05) is 77.5 Å². The van der Waals surface area contributed by atoms with Crippen molar-refractivity contribution in [2.24, 2.45) is 0 Å². The molecule has 0 spiro atoms. The molecule has 154 valence electrons. The Hall–Kier alpha value is -3.29. The van der Waals surface area contributed by atoms with Gasteiger partial charge in [-0.3, -0.25) is 0 Å². The van der Waals surface area contributed by atoms with Crippen LogP contribution in [0.5, 0.6) is 0 Å². The first-order valence-electron chi connectivity index (χ1n) is 9.88. The van der Waals surface area contributed by atoms with Crippen LogP contribution in [0.25, 0.3) is 11.3 Å². The summed E-state index contributed by atoms with van der Waals surface area (Å²) in [6.45, 7) is 2.97. The molecular weight excluding hydrogens is 380 g/mol. The number of aliphatic hydroxyl groups is 1. The Morgan fingerprint density at radius 1 is 1.13 bits per heavy atom. The monoisotopic (exact) mass is 404 g/mol. The topological polar surface area (TPSA) is 80.5 Å². The van der Waals surface area contributed by atoms with Crippen molar-refractivity contribution in [3.8, 4) is 11.3 Å². The number of ether oxygens (including phenoxy) is 1. The van der Waals surface area contributed by atoms with Crippen molar-refractivity contribution in [2.75, 3.05) is 13.2 Å². The molecule has 7 heteroatoms. The minimum atomic E-state index is -0.723. The number of β-amino-alcohol motifs (C(OH)–C–C–N with tert-alkyl or cyclic N) is 1. The Bertz CT molecular complexity index is 1010. The summed E-state index contributed by atoms with van der Waals surface area (Å²) in [4.78, 5) is 14.6. The smallest absolute Gasteiger partial charge is 0.346 e. The molecule has 1 aromatic heterocycles. The van der Waals surface area contributed by atoms with Crippen molar-refractivity contribution in [3.05, 3.63) is 84.1 Å². The normalized spacial score (nSPS) is 18.5. The third kappa shape index (κ3) is 4.64. The highest BCUT2D eigenvalue weighted by molar-refractivity contribution is 5.78. The summed E-state index contributed by atoms with van der Waals surface area (Å²) in [6.07, 6.45) is 4.38. The summed E-state index contributed by atoms with van der Waals surface area (Å²) in [5, 5.41) is 18.2. The Kier molecular flexibility index (Phi) is 6.02. The highest BCUT2D eigenvalue weighted by Gasteiger charge is 2.29. The fourth-order valence-corrected chi connectivity index (χ4v) is 3.34. The molecule has 1 N–H and O–H groups in total. The van der Waals surface area contributed by atoms with E-state index in [-0.39, 0.29) is 18.6 Å². The molecule has 30 heavy (non-hydrogen) atoms. The van der Waals surface area contributed by atoms with E-state index in [1.54, 1.807) is 23.2 Å². The summed E-state index contributed by atoms with van der Waals surface area (Å²) in [6, 6.07) is 17.1. The van der Waals surface area contributed by atoms with E-state index in [0.29, 0.717) is 18.9 Å². The predicted octanol–water partition coefficient (Wildman–Crippen LogP) is 3.04. The zero-order valence-corrected chi connectivity index (χ0v) is 16.8. The average molecular weight is 404 g/mol. The number of benzene rings is 2. The van der Waals surface area contributed by atoms with E-state index in [4.69, 9.17) is 4.74 Å². The maximum atomic E-state index is 13.1. The fraction of sp³-hybridized carbons (Fsp3) is 0.261. The zero-order chi connectivity index (χ0) is 20.9. The quantitative estimate of drug-likeness (QED) is 0.661. The SMILES string of the molecule is Cc1ccc(-c2cn(C(=O)N3C[C@H](O)C=C[C@@H]3COCc3ccccc3)nn2)cc1. The Morgan fingerprint density at radius 2 is 1.90 bits per heavy atom. The largest absolute Gasteiger partial charge is 0.387 e. The van der Waals surface area contributed by atoms with Crippen molar-refractivity contribution in [1.82, 2.24) is 19.9 Å². The Morgan fingerprint density at radius 3 is 2.67 bits per heavy atom. The molecule has 0 saturated carbocycles. The van der Waals surface area contributed by atoms with Crippen molar-refractivity contribution in [3.63, 3.8) is 0 Å². The summed E-state index contributed by atoms with van der Waals surface area (Å²) in [5.41, 5.74) is 3.72. The Labute approximate surface area is 175 Å². The van der Waals surface area contributed by atoms with Gasteiger partial charge in [-0.2, -0.15) is 4.68 Å². The lowest BCUT2D eigenvalue weighted by Gasteiger charge is -2.33. The van der Waals surface area contributed by atoms with Crippen LogP contribution in [0, 0.1) is 6.92 Å². The van der Waals surface area contributed by atoms with Gasteiger partial charge in [0.2, 0.25) is 0 Å². The summed E-state index contributed by atoms with van der Waals surface area (Å²) < 4.78 is 7.04. The third-order valence-corrected chi connectivity index (χ3v) is 5.02. The number of aromatic nitrogens is 3. The maximum absolute atomic E-state index is 13.1. The number of carbonyl (C=O) groups is 1. The van der Waals surface area contributed by atoms with Crippen LogP contribution in [-0.2, 0) is 11.3 Å². The maximum Gasteiger partial charge on any atom is 0.346 e. The molecule has 4 rings (SSSR count). The van der Waals surface area contributed by atoms with E-state index in [1.807, 2.05) is 61.5 Å². The first kappa shape index (κ1) is 20.0. The van der Waals surface area contributed by atoms with Gasteiger partial charge in [0.1, 0.15) is 5.69 Å². The van der Waals surface area contributed by atoms with E-state index in [9.17, 15) is 9.90 Å². The predicted molar refractivity (Wildman–Crippen MR) is 113 cm³/mol. The first-order chi connectivity index (χ1) is 14.6. The lowest BCUT2D eigenvalue weighted by molar-refractivity contribution is 0.0570. The number of carbonyl (C=O) groups excluding carboxylic acids is 1. The van der Waals surface area contributed by atoms with Crippen LogP contribution < -0.4 is 0 Å². The van der Waals surface area contributed by atoms with Gasteiger partial charge in [-0.25, -0.2) is 4.79 Å². The summed E-state index contributed by atoms with van der Waals surface area (Å²) in [7, 11) is 0. The molecule has 0 bridgehead atoms. The molecule has 1 aliphatic heterocycles. The van der Waals surface area contributed by atoms with Crippen LogP contribution in [0.15, 0.2) is 72.9 Å². The van der Waals surface area contributed by atoms with E-state index in [2.05, 4.69) is 10.3 Å². The molecule has 2 aromatic carbocycles. The van der Waals surface area contributed by atoms with Crippen LogP contribution in [0.2, 0.25) is 0 Å². The van der Waals surface area contributed by atoms with Gasteiger partial charge < -0.3 is 14.7 Å². The molecule has 0 radical (unpaired) electrons. The summed E-state index contributed by atoms with van der Waals surface area (Å²) >= 11 is 0. The molecule has 0 saturated heterocycles. The van der Waals surface area contributed by atoms with Crippen molar-refractivity contribution < 1.29 is 14.6 Å². The van der Waals surface area contributed by atoms with Crippen LogP contribution in [0.4, 0.5) is 4.79 Å². The minimum Gasteiger partial charge on any atom is -0.387 e. The highest BCUT2D eigenvalue weighted by atomic mass is 16.5. The van der Waals surface area contributed by atoms with Crippen molar-refractivity contribution >= 4 is 6.03 Å². The molecule has 2 atom stereocenters. The van der Waals surface area contributed by atoms with Crippen molar-refractivity contribution in [2.45, 2.75) is 25.7 Å². The highest BCUT2D eigenvalue weighted by Crippen LogP contribution is 2.18. The second-order valence-corrected chi connectivity index (χ2v) is 7.37. The van der Waals surface area contributed by atoms with Crippen LogP contribution >= 0.6 is 0 Å². The standard InChI is InChI=1S/C23H24N4O3/c1-17-7-9-19(10-8-17)22-14-27(25-24-22)23(29)26-13-21(28)12-11-20(26)16-30-15-18-5-3-2-4-6-18/h2-12,14,20-21,28H,13,15-16H2,1H3/t20-,21-/m1/s1.